The Morgan fingerprint density at radius 1 is 0.634 bits per heavy atom. The third-order valence-electron chi connectivity index (χ3n) is 7.33. The lowest BCUT2D eigenvalue weighted by atomic mass is 9.93. The van der Waals surface area contributed by atoms with E-state index < -0.39 is 22.8 Å². The number of fused-ring (bicyclic) bond motifs is 7. The zero-order valence-electron chi connectivity index (χ0n) is 21.6. The zero-order chi connectivity index (χ0) is 28.6. The van der Waals surface area contributed by atoms with Gasteiger partial charge in [0.25, 0.3) is 0 Å². The number of thiophene rings is 4. The van der Waals surface area contributed by atoms with Crippen molar-refractivity contribution in [3.05, 3.63) is 54.6 Å². The fraction of sp³-hybridized carbons (Fsp3) is 0.214. The second-order valence-electron chi connectivity index (χ2n) is 10.8. The highest BCUT2D eigenvalue weighted by Gasteiger charge is 2.39. The number of halogens is 4. The van der Waals surface area contributed by atoms with E-state index in [4.69, 9.17) is 9.47 Å². The summed E-state index contributed by atoms with van der Waals surface area (Å²) >= 11 is 14.1. The molecule has 13 heteroatoms. The average molecular weight is 771 g/mol. The van der Waals surface area contributed by atoms with Gasteiger partial charge in [-0.3, -0.25) is 0 Å². The topological polar surface area (TPSA) is 44.2 Å². The molecule has 0 unspecified atom stereocenters. The van der Waals surface area contributed by atoms with Crippen LogP contribution in [0.2, 0.25) is 0 Å². The van der Waals surface area contributed by atoms with Gasteiger partial charge < -0.3 is 9.47 Å². The highest BCUT2D eigenvalue weighted by molar-refractivity contribution is 9.11. The van der Waals surface area contributed by atoms with Crippen molar-refractivity contribution in [1.82, 2.24) is 8.75 Å². The van der Waals surface area contributed by atoms with E-state index in [0.29, 0.717) is 20.8 Å². The quantitative estimate of drug-likeness (QED) is 0.176. The molecule has 0 saturated heterocycles. The van der Waals surface area contributed by atoms with E-state index in [1.165, 1.54) is 22.7 Å². The van der Waals surface area contributed by atoms with Crippen LogP contribution >= 0.6 is 88.9 Å². The van der Waals surface area contributed by atoms with Gasteiger partial charge in [-0.2, -0.15) is 8.75 Å². The second kappa shape index (κ2) is 8.90. The number of nitrogens with zero attached hydrogens (tertiary/aromatic N) is 2. The molecule has 0 amide bonds. The van der Waals surface area contributed by atoms with Crippen molar-refractivity contribution in [1.29, 1.82) is 0 Å². The normalized spacial score (nSPS) is 16.1. The molecule has 1 aromatic carbocycles. The number of hydrogen-bond donors (Lipinski definition) is 0. The van der Waals surface area contributed by atoms with Crippen LogP contribution in [0.3, 0.4) is 0 Å². The number of hydrogen-bond acceptors (Lipinski definition) is 9. The van der Waals surface area contributed by atoms with Crippen LogP contribution in [0.25, 0.3) is 51.4 Å². The number of aromatic nitrogens is 2. The summed E-state index contributed by atoms with van der Waals surface area (Å²) in [6.07, 6.45) is 0. The molecule has 0 radical (unpaired) electrons. The Morgan fingerprint density at radius 2 is 1.05 bits per heavy atom. The highest BCUT2D eigenvalue weighted by Crippen LogP contribution is 2.58. The molecule has 4 nitrogen and oxygen atoms in total. The summed E-state index contributed by atoms with van der Waals surface area (Å²) in [6, 6.07) is 7.72. The van der Waals surface area contributed by atoms with Gasteiger partial charge >= 0.3 is 0 Å². The van der Waals surface area contributed by atoms with Crippen molar-refractivity contribution < 1.29 is 18.3 Å². The fourth-order valence-corrected chi connectivity index (χ4v) is 12.0. The van der Waals surface area contributed by atoms with Crippen LogP contribution in [-0.2, 0) is 11.2 Å². The zero-order valence-corrected chi connectivity index (χ0v) is 28.8. The SMILES string of the molecule is CC1(C)Oc2cc(Br)sc2-c2sc(-c3c(F)c(F)c(-c4cc5c(s4)-c4sc(Br)cc4OC5(C)C)c4nsnc34)cc21. The maximum absolute atomic E-state index is 16.3. The van der Waals surface area contributed by atoms with Crippen LogP contribution in [0.4, 0.5) is 8.78 Å². The molecule has 7 heterocycles. The first kappa shape index (κ1) is 26.9. The molecule has 2 aliphatic heterocycles. The lowest BCUT2D eigenvalue weighted by Crippen LogP contribution is -2.27. The molecule has 6 aromatic rings. The van der Waals surface area contributed by atoms with Gasteiger partial charge in [0, 0.05) is 33.0 Å². The van der Waals surface area contributed by atoms with Gasteiger partial charge in [-0.25, -0.2) is 8.78 Å². The third-order valence-corrected chi connectivity index (χ3v) is 13.7. The van der Waals surface area contributed by atoms with Crippen LogP contribution in [0.5, 0.6) is 11.5 Å². The van der Waals surface area contributed by atoms with Crippen molar-refractivity contribution in [2.75, 3.05) is 0 Å². The van der Waals surface area contributed by atoms with E-state index in [1.807, 2.05) is 52.0 Å². The third kappa shape index (κ3) is 3.85. The summed E-state index contributed by atoms with van der Waals surface area (Å²) in [5.41, 5.74) is 1.59. The van der Waals surface area contributed by atoms with Gasteiger partial charge in [0.2, 0.25) is 0 Å². The Hall–Kier alpha value is -1.74. The standard InChI is InChI=1S/C28H16Br2F2N2O2S5/c1-27(2)9-5-13(37-23(9)25-11(35-27)7-15(29)39-25)17-19(31)20(32)18(22-21(17)33-41-34-22)14-6-10-24(38-14)26-12(8-16(30)40-26)36-28(10,3)4/h5-8H,1-4H3. The molecule has 208 valence electrons. The molecule has 0 aliphatic carbocycles. The van der Waals surface area contributed by atoms with Crippen molar-refractivity contribution in [2.45, 2.75) is 38.9 Å². The second-order valence-corrected chi connectivity index (χ2v) is 18.3. The molecule has 0 fully saturated rings. The Kier molecular flexibility index (Phi) is 5.83. The van der Waals surface area contributed by atoms with Crippen molar-refractivity contribution in [3.8, 4) is 51.9 Å². The Labute approximate surface area is 270 Å². The smallest absolute Gasteiger partial charge is 0.170 e. The summed E-state index contributed by atoms with van der Waals surface area (Å²) < 4.78 is 56.0. The maximum atomic E-state index is 16.3. The van der Waals surface area contributed by atoms with Gasteiger partial charge in [0.15, 0.2) is 11.6 Å². The molecule has 0 bridgehead atoms. The van der Waals surface area contributed by atoms with Crippen LogP contribution in [0, 0.1) is 11.6 Å². The molecular formula is C28H16Br2F2N2O2S5. The van der Waals surface area contributed by atoms with E-state index in [0.717, 1.165) is 61.4 Å². The van der Waals surface area contributed by atoms with E-state index >= 15 is 8.78 Å². The molecule has 0 atom stereocenters. The summed E-state index contributed by atoms with van der Waals surface area (Å²) in [5, 5.41) is 0. The van der Waals surface area contributed by atoms with E-state index in [1.54, 1.807) is 22.7 Å². The molecule has 0 N–H and O–H groups in total. The molecule has 5 aromatic heterocycles. The Morgan fingerprint density at radius 3 is 1.46 bits per heavy atom. The summed E-state index contributed by atoms with van der Waals surface area (Å²) in [5.74, 6) is -0.285. The minimum absolute atomic E-state index is 0.136. The Bertz CT molecular complexity index is 1940. The molecular weight excluding hydrogens is 754 g/mol. The van der Waals surface area contributed by atoms with Crippen LogP contribution in [0.1, 0.15) is 38.8 Å². The summed E-state index contributed by atoms with van der Waals surface area (Å²) in [6.45, 7) is 7.94. The van der Waals surface area contributed by atoms with Gasteiger partial charge in [-0.1, -0.05) is 0 Å². The summed E-state index contributed by atoms with van der Waals surface area (Å²) in [7, 11) is 0. The lowest BCUT2D eigenvalue weighted by molar-refractivity contribution is 0.107. The maximum Gasteiger partial charge on any atom is 0.170 e. The van der Waals surface area contributed by atoms with Crippen molar-refractivity contribution in [2.24, 2.45) is 0 Å². The number of ether oxygens (including phenoxy) is 2. The Balaban J connectivity index is 1.34. The largest absolute Gasteiger partial charge is 0.481 e. The van der Waals surface area contributed by atoms with Gasteiger partial charge in [-0.15, -0.1) is 45.3 Å². The van der Waals surface area contributed by atoms with Gasteiger partial charge in [-0.05, 0) is 71.7 Å². The van der Waals surface area contributed by atoms with E-state index in [-0.39, 0.29) is 11.1 Å². The number of rotatable bonds is 2. The van der Waals surface area contributed by atoms with Gasteiger partial charge in [0.1, 0.15) is 33.7 Å². The fourth-order valence-electron chi connectivity index (χ4n) is 5.47. The highest BCUT2D eigenvalue weighted by atomic mass is 79.9. The van der Waals surface area contributed by atoms with Crippen LogP contribution < -0.4 is 9.47 Å². The molecule has 0 spiro atoms. The monoisotopic (exact) mass is 768 g/mol. The molecule has 2 aliphatic rings. The average Bonchev–Trinajstić information content (AvgIpc) is 3.69. The van der Waals surface area contributed by atoms with Crippen LogP contribution in [-0.4, -0.2) is 8.75 Å². The first-order chi connectivity index (χ1) is 19.4. The molecule has 0 saturated carbocycles. The van der Waals surface area contributed by atoms with E-state index in [9.17, 15) is 0 Å². The summed E-state index contributed by atoms with van der Waals surface area (Å²) in [4.78, 5) is 5.12. The predicted molar refractivity (Wildman–Crippen MR) is 173 cm³/mol. The number of benzene rings is 1. The van der Waals surface area contributed by atoms with E-state index in [2.05, 4.69) is 40.6 Å². The predicted octanol–water partition coefficient (Wildman–Crippen LogP) is 11.7. The minimum Gasteiger partial charge on any atom is -0.481 e. The van der Waals surface area contributed by atoms with Crippen molar-refractivity contribution >= 4 is 100.0 Å². The lowest BCUT2D eigenvalue weighted by Gasteiger charge is -2.31. The van der Waals surface area contributed by atoms with Gasteiger partial charge in [0.05, 0.1) is 49.9 Å². The molecule has 8 rings (SSSR count). The first-order valence-corrected chi connectivity index (χ1v) is 17.9. The minimum atomic E-state index is -0.924. The molecule has 41 heavy (non-hydrogen) atoms. The first-order valence-electron chi connectivity index (χ1n) is 12.3. The van der Waals surface area contributed by atoms with Crippen LogP contribution in [0.15, 0.2) is 31.8 Å². The van der Waals surface area contributed by atoms with Crippen molar-refractivity contribution in [3.63, 3.8) is 0 Å².